The summed E-state index contributed by atoms with van der Waals surface area (Å²) < 4.78 is 0. The number of hydrogen-bond donors (Lipinski definition) is 1. The number of carbonyl (C=O) groups is 1. The Balaban J connectivity index is 1.70. The fourth-order valence-electron chi connectivity index (χ4n) is 4.61. The molecule has 1 saturated carbocycles. The Morgan fingerprint density at radius 1 is 1.14 bits per heavy atom. The van der Waals surface area contributed by atoms with E-state index < -0.39 is 0 Å². The van der Waals surface area contributed by atoms with Crippen LogP contribution in [0.4, 0.5) is 0 Å². The summed E-state index contributed by atoms with van der Waals surface area (Å²) in [6.45, 7) is 7.63. The summed E-state index contributed by atoms with van der Waals surface area (Å²) in [5, 5.41) is 3.65. The Kier molecular flexibility index (Phi) is 4.85. The maximum absolute atomic E-state index is 12.7. The zero-order chi connectivity index (χ0) is 14.8. The Morgan fingerprint density at radius 2 is 1.90 bits per heavy atom. The third kappa shape index (κ3) is 2.98. The maximum atomic E-state index is 12.7. The second-order valence-corrected chi connectivity index (χ2v) is 7.03. The number of likely N-dealkylation sites (N-methyl/N-ethyl adjacent to an activating group) is 1. The van der Waals surface area contributed by atoms with Crippen LogP contribution in [0.3, 0.4) is 0 Å². The predicted molar refractivity (Wildman–Crippen MR) is 84.9 cm³/mol. The van der Waals surface area contributed by atoms with Crippen LogP contribution in [0.5, 0.6) is 0 Å². The van der Waals surface area contributed by atoms with Gasteiger partial charge >= 0.3 is 0 Å². The summed E-state index contributed by atoms with van der Waals surface area (Å²) in [7, 11) is 0. The van der Waals surface area contributed by atoms with Crippen molar-refractivity contribution in [2.75, 3.05) is 19.6 Å². The monoisotopic (exact) mass is 293 g/mol. The normalized spacial score (nSPS) is 35.2. The van der Waals surface area contributed by atoms with Crippen LogP contribution < -0.4 is 5.32 Å². The number of amides is 1. The second kappa shape index (κ2) is 6.66. The Bertz CT molecular complexity index is 367. The maximum Gasteiger partial charge on any atom is 0.241 e. The van der Waals surface area contributed by atoms with Crippen molar-refractivity contribution in [3.63, 3.8) is 0 Å². The fraction of sp³-hybridized carbons (Fsp3) is 0.941. The SMILES string of the molecule is CCC1NC(C2CCCC2)N(CC2CCCN2CC)C1=O. The summed E-state index contributed by atoms with van der Waals surface area (Å²) >= 11 is 0. The highest BCUT2D eigenvalue weighted by Crippen LogP contribution is 2.33. The lowest BCUT2D eigenvalue weighted by molar-refractivity contribution is -0.131. The third-order valence-corrected chi connectivity index (χ3v) is 5.86. The van der Waals surface area contributed by atoms with Crippen LogP contribution in [0, 0.1) is 5.92 Å². The number of nitrogens with one attached hydrogen (secondary N) is 1. The molecule has 3 aliphatic rings. The molecular formula is C17H31N3O. The van der Waals surface area contributed by atoms with Gasteiger partial charge in [-0.25, -0.2) is 0 Å². The molecule has 1 N–H and O–H groups in total. The molecule has 4 heteroatoms. The smallest absolute Gasteiger partial charge is 0.241 e. The van der Waals surface area contributed by atoms with Crippen LogP contribution in [0.15, 0.2) is 0 Å². The predicted octanol–water partition coefficient (Wildman–Crippen LogP) is 2.20. The van der Waals surface area contributed by atoms with E-state index in [9.17, 15) is 4.79 Å². The first-order chi connectivity index (χ1) is 10.2. The van der Waals surface area contributed by atoms with E-state index in [1.54, 1.807) is 0 Å². The molecule has 2 saturated heterocycles. The van der Waals surface area contributed by atoms with Crippen molar-refractivity contribution in [1.29, 1.82) is 0 Å². The molecule has 3 rings (SSSR count). The first-order valence-electron chi connectivity index (χ1n) is 9.05. The summed E-state index contributed by atoms with van der Waals surface area (Å²) in [6, 6.07) is 0.646. The molecule has 1 amide bonds. The van der Waals surface area contributed by atoms with Gasteiger partial charge < -0.3 is 4.90 Å². The molecule has 2 heterocycles. The van der Waals surface area contributed by atoms with Gasteiger partial charge in [-0.15, -0.1) is 0 Å². The van der Waals surface area contributed by atoms with Gasteiger partial charge in [0.1, 0.15) is 0 Å². The van der Waals surface area contributed by atoms with E-state index in [2.05, 4.69) is 29.0 Å². The molecule has 3 fully saturated rings. The summed E-state index contributed by atoms with van der Waals surface area (Å²) in [4.78, 5) is 17.5. The minimum absolute atomic E-state index is 0.0621. The third-order valence-electron chi connectivity index (χ3n) is 5.86. The van der Waals surface area contributed by atoms with Crippen LogP contribution in [0.2, 0.25) is 0 Å². The van der Waals surface area contributed by atoms with Crippen molar-refractivity contribution in [2.24, 2.45) is 5.92 Å². The average Bonchev–Trinajstić information content (AvgIpc) is 3.21. The number of rotatable bonds is 5. The number of nitrogens with zero attached hydrogens (tertiary/aromatic N) is 2. The van der Waals surface area contributed by atoms with Crippen molar-refractivity contribution in [3.8, 4) is 0 Å². The summed E-state index contributed by atoms with van der Waals surface area (Å²) in [6.07, 6.45) is 9.04. The van der Waals surface area contributed by atoms with Gasteiger partial charge in [-0.2, -0.15) is 0 Å². The van der Waals surface area contributed by atoms with Gasteiger partial charge in [-0.3, -0.25) is 15.0 Å². The first-order valence-corrected chi connectivity index (χ1v) is 9.05. The minimum atomic E-state index is 0.0621. The highest BCUT2D eigenvalue weighted by atomic mass is 16.2. The highest BCUT2D eigenvalue weighted by molar-refractivity contribution is 5.84. The van der Waals surface area contributed by atoms with E-state index in [0.717, 1.165) is 19.5 Å². The van der Waals surface area contributed by atoms with E-state index in [0.29, 0.717) is 24.0 Å². The van der Waals surface area contributed by atoms with Gasteiger partial charge in [0.2, 0.25) is 5.91 Å². The van der Waals surface area contributed by atoms with E-state index in [4.69, 9.17) is 0 Å². The Hall–Kier alpha value is -0.610. The minimum Gasteiger partial charge on any atom is -0.324 e. The fourth-order valence-corrected chi connectivity index (χ4v) is 4.61. The molecule has 4 nitrogen and oxygen atoms in total. The quantitative estimate of drug-likeness (QED) is 0.844. The molecule has 3 unspecified atom stereocenters. The molecule has 0 radical (unpaired) electrons. The van der Waals surface area contributed by atoms with Gasteiger partial charge in [0, 0.05) is 12.6 Å². The number of carbonyl (C=O) groups excluding carboxylic acids is 1. The number of hydrogen-bond acceptors (Lipinski definition) is 3. The van der Waals surface area contributed by atoms with E-state index in [-0.39, 0.29) is 6.04 Å². The van der Waals surface area contributed by atoms with Gasteiger partial charge in [0.25, 0.3) is 0 Å². The molecule has 3 atom stereocenters. The van der Waals surface area contributed by atoms with Crippen LogP contribution in [-0.2, 0) is 4.79 Å². The van der Waals surface area contributed by atoms with Crippen molar-refractivity contribution in [1.82, 2.24) is 15.1 Å². The summed E-state index contributed by atoms with van der Waals surface area (Å²) in [5.41, 5.74) is 0. The second-order valence-electron chi connectivity index (χ2n) is 7.03. The standard InChI is InChI=1S/C17H31N3O/c1-3-15-17(21)20(12-14-10-7-11-19(14)4-2)16(18-15)13-8-5-6-9-13/h13-16,18H,3-12H2,1-2H3. The molecular weight excluding hydrogens is 262 g/mol. The lowest BCUT2D eigenvalue weighted by Gasteiger charge is -2.33. The van der Waals surface area contributed by atoms with Crippen molar-refractivity contribution < 1.29 is 4.79 Å². The first kappa shape index (κ1) is 15.3. The molecule has 0 aromatic carbocycles. The molecule has 0 aromatic heterocycles. The highest BCUT2D eigenvalue weighted by Gasteiger charge is 2.43. The van der Waals surface area contributed by atoms with Crippen molar-refractivity contribution >= 4 is 5.91 Å². The van der Waals surface area contributed by atoms with E-state index in [1.165, 1.54) is 45.1 Å². The van der Waals surface area contributed by atoms with Crippen LogP contribution in [-0.4, -0.2) is 53.6 Å². The molecule has 0 aromatic rings. The van der Waals surface area contributed by atoms with Crippen LogP contribution in [0.25, 0.3) is 0 Å². The lowest BCUT2D eigenvalue weighted by atomic mass is 10.0. The summed E-state index contributed by atoms with van der Waals surface area (Å²) in [5.74, 6) is 1.04. The van der Waals surface area contributed by atoms with E-state index >= 15 is 0 Å². The van der Waals surface area contributed by atoms with Crippen molar-refractivity contribution in [3.05, 3.63) is 0 Å². The van der Waals surface area contributed by atoms with Gasteiger partial charge in [-0.1, -0.05) is 26.7 Å². The molecule has 0 bridgehead atoms. The molecule has 2 aliphatic heterocycles. The topological polar surface area (TPSA) is 35.6 Å². The zero-order valence-corrected chi connectivity index (χ0v) is 13.7. The van der Waals surface area contributed by atoms with Crippen molar-refractivity contribution in [2.45, 2.75) is 77.0 Å². The largest absolute Gasteiger partial charge is 0.324 e. The van der Waals surface area contributed by atoms with Gasteiger partial charge in [-0.05, 0) is 51.1 Å². The average molecular weight is 293 g/mol. The van der Waals surface area contributed by atoms with E-state index in [1.807, 2.05) is 0 Å². The molecule has 0 spiro atoms. The molecule has 120 valence electrons. The Labute approximate surface area is 129 Å². The Morgan fingerprint density at radius 3 is 2.57 bits per heavy atom. The van der Waals surface area contributed by atoms with Crippen LogP contribution in [0.1, 0.15) is 58.8 Å². The number of likely N-dealkylation sites (tertiary alicyclic amines) is 1. The molecule has 21 heavy (non-hydrogen) atoms. The van der Waals surface area contributed by atoms with Gasteiger partial charge in [0.15, 0.2) is 0 Å². The van der Waals surface area contributed by atoms with Gasteiger partial charge in [0.05, 0.1) is 12.2 Å². The molecule has 1 aliphatic carbocycles. The zero-order valence-electron chi connectivity index (χ0n) is 13.7. The lowest BCUT2D eigenvalue weighted by Crippen LogP contribution is -2.48. The van der Waals surface area contributed by atoms with Crippen LogP contribution >= 0.6 is 0 Å².